The van der Waals surface area contributed by atoms with E-state index in [9.17, 15) is 9.59 Å². The number of para-hydroxylation sites is 1. The number of likely N-dealkylation sites (tertiary alicyclic amines) is 1. The number of carbonyl (C=O) groups is 2. The summed E-state index contributed by atoms with van der Waals surface area (Å²) in [6, 6.07) is 14.8. The van der Waals surface area contributed by atoms with Crippen LogP contribution < -0.4 is 10.1 Å². The molecule has 3 amide bonds. The minimum atomic E-state index is -0.251. The fourth-order valence-corrected chi connectivity index (χ4v) is 5.93. The first kappa shape index (κ1) is 22.8. The van der Waals surface area contributed by atoms with Crippen molar-refractivity contribution in [2.75, 3.05) is 37.3 Å². The number of benzene rings is 2. The zero-order valence-electron chi connectivity index (χ0n) is 18.2. The largest absolute Gasteiger partial charge is 0.484 e. The molecule has 2 aromatic rings. The molecule has 2 aliphatic heterocycles. The van der Waals surface area contributed by atoms with Gasteiger partial charge in [0, 0.05) is 36.1 Å². The Morgan fingerprint density at radius 1 is 1.09 bits per heavy atom. The van der Waals surface area contributed by atoms with E-state index in [1.807, 2.05) is 45.8 Å². The topological polar surface area (TPSA) is 61.9 Å². The number of halogens is 1. The van der Waals surface area contributed by atoms with Crippen LogP contribution in [0.3, 0.4) is 0 Å². The highest BCUT2D eigenvalue weighted by molar-refractivity contribution is 8.00. The normalized spacial score (nSPS) is 17.4. The van der Waals surface area contributed by atoms with Gasteiger partial charge in [0.25, 0.3) is 5.91 Å². The van der Waals surface area contributed by atoms with Gasteiger partial charge in [0.1, 0.15) is 5.75 Å². The van der Waals surface area contributed by atoms with Gasteiger partial charge in [-0.1, -0.05) is 36.7 Å². The third-order valence-corrected chi connectivity index (χ3v) is 7.93. The number of anilines is 1. The predicted octanol–water partition coefficient (Wildman–Crippen LogP) is 4.88. The van der Waals surface area contributed by atoms with E-state index in [2.05, 4.69) is 12.2 Å². The van der Waals surface area contributed by atoms with E-state index in [0.717, 1.165) is 36.3 Å². The van der Waals surface area contributed by atoms with Crippen molar-refractivity contribution < 1.29 is 14.3 Å². The van der Waals surface area contributed by atoms with Crippen molar-refractivity contribution in [2.24, 2.45) is 0 Å². The molecule has 0 aromatic heterocycles. The Kier molecular flexibility index (Phi) is 7.16. The third-order valence-electron chi connectivity index (χ3n) is 6.13. The van der Waals surface area contributed by atoms with Crippen LogP contribution in [0.5, 0.6) is 5.75 Å². The van der Waals surface area contributed by atoms with Gasteiger partial charge in [0.05, 0.1) is 4.87 Å². The van der Waals surface area contributed by atoms with Crippen molar-refractivity contribution in [2.45, 2.75) is 31.1 Å². The molecule has 0 saturated carbocycles. The second-order valence-corrected chi connectivity index (χ2v) is 9.90. The molecule has 0 unspecified atom stereocenters. The first-order valence-corrected chi connectivity index (χ1v) is 12.3. The monoisotopic (exact) mass is 473 g/mol. The molecule has 0 radical (unpaired) electrons. The Morgan fingerprint density at radius 3 is 2.53 bits per heavy atom. The van der Waals surface area contributed by atoms with Crippen LogP contribution >= 0.6 is 23.4 Å². The summed E-state index contributed by atoms with van der Waals surface area (Å²) in [6.45, 7) is 4.03. The van der Waals surface area contributed by atoms with Gasteiger partial charge in [0.15, 0.2) is 6.61 Å². The first-order valence-electron chi connectivity index (χ1n) is 11.0. The maximum absolute atomic E-state index is 13.0. The van der Waals surface area contributed by atoms with Gasteiger partial charge in [-0.15, -0.1) is 11.8 Å². The van der Waals surface area contributed by atoms with E-state index in [4.69, 9.17) is 16.3 Å². The van der Waals surface area contributed by atoms with Crippen LogP contribution in [0.4, 0.5) is 10.5 Å². The zero-order chi connectivity index (χ0) is 22.6. The molecular formula is C24H28ClN3O3S. The van der Waals surface area contributed by atoms with Crippen molar-refractivity contribution in [3.05, 3.63) is 59.1 Å². The Labute approximate surface area is 198 Å². The van der Waals surface area contributed by atoms with Gasteiger partial charge >= 0.3 is 6.03 Å². The summed E-state index contributed by atoms with van der Waals surface area (Å²) in [5, 5.41) is 3.69. The van der Waals surface area contributed by atoms with Crippen LogP contribution in [0, 0.1) is 0 Å². The lowest BCUT2D eigenvalue weighted by Gasteiger charge is -2.44. The highest BCUT2D eigenvalue weighted by atomic mass is 35.5. The maximum atomic E-state index is 13.0. The number of urea groups is 1. The van der Waals surface area contributed by atoms with Gasteiger partial charge < -0.3 is 19.9 Å². The number of hydrogen-bond acceptors (Lipinski definition) is 4. The minimum Gasteiger partial charge on any atom is -0.484 e. The summed E-state index contributed by atoms with van der Waals surface area (Å²) in [7, 11) is 0. The molecule has 32 heavy (non-hydrogen) atoms. The van der Waals surface area contributed by atoms with E-state index < -0.39 is 0 Å². The fraction of sp³-hybridized carbons (Fsp3) is 0.417. The van der Waals surface area contributed by atoms with Gasteiger partial charge in [-0.25, -0.2) is 4.79 Å². The van der Waals surface area contributed by atoms with Crippen molar-refractivity contribution >= 4 is 41.0 Å². The first-order chi connectivity index (χ1) is 15.5. The second kappa shape index (κ2) is 10.0. The van der Waals surface area contributed by atoms with Crippen LogP contribution in [0.2, 0.25) is 5.02 Å². The molecule has 8 heteroatoms. The Hall–Kier alpha value is -2.38. The van der Waals surface area contributed by atoms with Gasteiger partial charge in [-0.2, -0.15) is 0 Å². The number of amides is 3. The van der Waals surface area contributed by atoms with Crippen molar-refractivity contribution in [3.8, 4) is 5.75 Å². The fourth-order valence-electron chi connectivity index (χ4n) is 4.33. The summed E-state index contributed by atoms with van der Waals surface area (Å²) in [5.41, 5.74) is 1.99. The molecule has 2 heterocycles. The number of ether oxygens (including phenoxy) is 1. The summed E-state index contributed by atoms with van der Waals surface area (Å²) in [6.07, 6.45) is 2.38. The van der Waals surface area contributed by atoms with E-state index in [1.165, 1.54) is 0 Å². The lowest BCUT2D eigenvalue weighted by atomic mass is 10.0. The molecule has 2 aromatic carbocycles. The molecule has 2 fully saturated rings. The average Bonchev–Trinajstić information content (AvgIpc) is 3.22. The van der Waals surface area contributed by atoms with Gasteiger partial charge in [0.2, 0.25) is 0 Å². The van der Waals surface area contributed by atoms with Crippen molar-refractivity contribution in [1.82, 2.24) is 9.80 Å². The van der Waals surface area contributed by atoms with Crippen LogP contribution in [-0.4, -0.2) is 58.6 Å². The number of nitrogens with one attached hydrogen (secondary N) is 1. The number of aryl methyl sites for hydroxylation is 1. The Morgan fingerprint density at radius 2 is 1.81 bits per heavy atom. The maximum Gasteiger partial charge on any atom is 0.321 e. The molecule has 2 aliphatic rings. The second-order valence-electron chi connectivity index (χ2n) is 8.01. The number of piperidine rings is 1. The summed E-state index contributed by atoms with van der Waals surface area (Å²) >= 11 is 7.73. The number of carbonyl (C=O) groups excluding carboxylic acids is 2. The molecule has 0 atom stereocenters. The SMILES string of the molecule is CCc1ccccc1NC(=O)N1CCC2(CC1)SCCN2C(=O)COc1ccc(Cl)cc1. The third kappa shape index (κ3) is 4.99. The summed E-state index contributed by atoms with van der Waals surface area (Å²) in [4.78, 5) is 29.3. The molecule has 6 nitrogen and oxygen atoms in total. The number of rotatable bonds is 5. The number of hydrogen-bond donors (Lipinski definition) is 1. The average molecular weight is 474 g/mol. The highest BCUT2D eigenvalue weighted by Gasteiger charge is 2.46. The molecule has 4 rings (SSSR count). The Balaban J connectivity index is 1.33. The molecule has 0 bridgehead atoms. The lowest BCUT2D eigenvalue weighted by Crippen LogP contribution is -2.55. The van der Waals surface area contributed by atoms with Crippen molar-refractivity contribution in [1.29, 1.82) is 0 Å². The Bertz CT molecular complexity index is 961. The van der Waals surface area contributed by atoms with E-state index in [1.54, 1.807) is 24.3 Å². The summed E-state index contributed by atoms with van der Waals surface area (Å²) < 4.78 is 5.68. The van der Waals surface area contributed by atoms with E-state index >= 15 is 0 Å². The van der Waals surface area contributed by atoms with Crippen molar-refractivity contribution in [3.63, 3.8) is 0 Å². The molecule has 170 valence electrons. The number of thioether (sulfide) groups is 1. The minimum absolute atomic E-state index is 0.00193. The zero-order valence-corrected chi connectivity index (χ0v) is 19.8. The van der Waals surface area contributed by atoms with E-state index in [0.29, 0.717) is 30.4 Å². The van der Waals surface area contributed by atoms with Crippen LogP contribution in [0.15, 0.2) is 48.5 Å². The molecular weight excluding hydrogens is 446 g/mol. The van der Waals surface area contributed by atoms with Crippen LogP contribution in [0.1, 0.15) is 25.3 Å². The smallest absolute Gasteiger partial charge is 0.321 e. The molecule has 1 spiro atoms. The van der Waals surface area contributed by atoms with Crippen LogP contribution in [-0.2, 0) is 11.2 Å². The molecule has 1 N–H and O–H groups in total. The lowest BCUT2D eigenvalue weighted by molar-refractivity contribution is -0.136. The van der Waals surface area contributed by atoms with Crippen LogP contribution in [0.25, 0.3) is 0 Å². The molecule has 2 saturated heterocycles. The van der Waals surface area contributed by atoms with E-state index in [-0.39, 0.29) is 23.4 Å². The van der Waals surface area contributed by atoms with Gasteiger partial charge in [-0.3, -0.25) is 4.79 Å². The number of nitrogens with zero attached hydrogens (tertiary/aromatic N) is 2. The highest BCUT2D eigenvalue weighted by Crippen LogP contribution is 2.44. The molecule has 0 aliphatic carbocycles. The quantitative estimate of drug-likeness (QED) is 0.672. The standard InChI is InChI=1S/C24H28ClN3O3S/c1-2-18-5-3-4-6-21(18)26-23(30)27-13-11-24(12-14-27)28(15-16-32-24)22(29)17-31-20-9-7-19(25)8-10-20/h3-10H,2,11-17H2,1H3,(H,26,30). The predicted molar refractivity (Wildman–Crippen MR) is 129 cm³/mol. The van der Waals surface area contributed by atoms with Gasteiger partial charge in [-0.05, 0) is 55.2 Å². The summed E-state index contributed by atoms with van der Waals surface area (Å²) in [5.74, 6) is 1.52.